The van der Waals surface area contributed by atoms with Crippen molar-refractivity contribution in [3.05, 3.63) is 107 Å². The van der Waals surface area contributed by atoms with Gasteiger partial charge in [-0.1, -0.05) is 66.7 Å². The van der Waals surface area contributed by atoms with E-state index in [-0.39, 0.29) is 12.4 Å². The first-order valence-corrected chi connectivity index (χ1v) is 10.7. The van der Waals surface area contributed by atoms with E-state index < -0.39 is 6.09 Å². The maximum absolute atomic E-state index is 13.3. The van der Waals surface area contributed by atoms with Gasteiger partial charge in [-0.2, -0.15) is 0 Å². The summed E-state index contributed by atoms with van der Waals surface area (Å²) in [5.74, 6) is -0.215. The van der Waals surface area contributed by atoms with E-state index >= 15 is 0 Å². The average molecular weight is 419 g/mol. The van der Waals surface area contributed by atoms with Crippen LogP contribution in [0.2, 0.25) is 0 Å². The predicted molar refractivity (Wildman–Crippen MR) is 119 cm³/mol. The van der Waals surface area contributed by atoms with Crippen molar-refractivity contribution in [2.75, 3.05) is 13.1 Å². The number of carbonyl (C=O) groups is 1. The van der Waals surface area contributed by atoms with Crippen LogP contribution in [0, 0.1) is 5.82 Å². The lowest BCUT2D eigenvalue weighted by Crippen LogP contribution is -2.45. The highest BCUT2D eigenvalue weighted by Gasteiger charge is 2.26. The Morgan fingerprint density at radius 2 is 1.65 bits per heavy atom. The van der Waals surface area contributed by atoms with E-state index in [9.17, 15) is 9.18 Å². The van der Waals surface area contributed by atoms with Gasteiger partial charge in [0.1, 0.15) is 12.4 Å². The summed E-state index contributed by atoms with van der Waals surface area (Å²) in [6.45, 7) is 2.33. The van der Waals surface area contributed by atoms with Gasteiger partial charge in [-0.05, 0) is 47.2 Å². The van der Waals surface area contributed by atoms with E-state index in [0.717, 1.165) is 37.1 Å². The van der Waals surface area contributed by atoms with Crippen molar-refractivity contribution in [1.29, 1.82) is 0 Å². The molecular weight excluding hydrogens is 391 g/mol. The van der Waals surface area contributed by atoms with Gasteiger partial charge in [0.2, 0.25) is 0 Å². The second kappa shape index (κ2) is 10.2. The van der Waals surface area contributed by atoms with Crippen LogP contribution in [-0.2, 0) is 30.7 Å². The zero-order valence-electron chi connectivity index (χ0n) is 17.5. The van der Waals surface area contributed by atoms with Gasteiger partial charge in [-0.25, -0.2) is 9.18 Å². The molecule has 0 saturated carbocycles. The maximum Gasteiger partial charge on any atom is 0.407 e. The number of ether oxygens (including phenoxy) is 1. The van der Waals surface area contributed by atoms with E-state index in [4.69, 9.17) is 4.74 Å². The van der Waals surface area contributed by atoms with E-state index in [1.165, 1.54) is 23.3 Å². The van der Waals surface area contributed by atoms with Crippen LogP contribution in [0.1, 0.15) is 22.3 Å². The lowest BCUT2D eigenvalue weighted by molar-refractivity contribution is 0.133. The molecule has 1 atom stereocenters. The first-order chi connectivity index (χ1) is 15.2. The number of alkyl carbamates (subject to hydrolysis) is 1. The molecule has 1 heterocycles. The Morgan fingerprint density at radius 1 is 0.935 bits per heavy atom. The van der Waals surface area contributed by atoms with E-state index in [2.05, 4.69) is 34.5 Å². The highest BCUT2D eigenvalue weighted by molar-refractivity contribution is 5.67. The second-order valence-corrected chi connectivity index (χ2v) is 7.92. The zero-order chi connectivity index (χ0) is 21.5. The number of rotatable bonds is 7. The van der Waals surface area contributed by atoms with Gasteiger partial charge in [0, 0.05) is 25.7 Å². The summed E-state index contributed by atoms with van der Waals surface area (Å²) in [4.78, 5) is 14.5. The normalized spacial score (nSPS) is 15.8. The molecule has 0 radical (unpaired) electrons. The number of nitrogens with zero attached hydrogens (tertiary/aromatic N) is 1. The Morgan fingerprint density at radius 3 is 2.42 bits per heavy atom. The summed E-state index contributed by atoms with van der Waals surface area (Å²) in [7, 11) is 0. The molecule has 1 amide bonds. The van der Waals surface area contributed by atoms with E-state index in [1.807, 2.05) is 42.5 Å². The largest absolute Gasteiger partial charge is 0.445 e. The van der Waals surface area contributed by atoms with Crippen molar-refractivity contribution in [3.63, 3.8) is 0 Å². The molecule has 0 aromatic heterocycles. The Hall–Kier alpha value is -3.18. The molecule has 0 saturated heterocycles. The molecular formula is C26H27FN2O2. The highest BCUT2D eigenvalue weighted by Crippen LogP contribution is 2.25. The van der Waals surface area contributed by atoms with Crippen molar-refractivity contribution >= 4 is 6.09 Å². The highest BCUT2D eigenvalue weighted by atomic mass is 19.1. The summed E-state index contributed by atoms with van der Waals surface area (Å²) in [6.07, 6.45) is 1.37. The summed E-state index contributed by atoms with van der Waals surface area (Å²) in [6, 6.07) is 25.2. The molecule has 5 heteroatoms. The minimum absolute atomic E-state index is 0.215. The standard InChI is InChI=1S/C26H27FN2O2/c27-24-12-10-20(11-13-24)16-25-17-22-8-4-5-9-23(22)18-29(25)15-14-28-26(30)31-19-21-6-2-1-3-7-21/h1-13,25H,14-19H2,(H,28,30). The van der Waals surface area contributed by atoms with Crippen molar-refractivity contribution < 1.29 is 13.9 Å². The van der Waals surface area contributed by atoms with Gasteiger partial charge in [0.25, 0.3) is 0 Å². The molecule has 0 fully saturated rings. The fraction of sp³-hybridized carbons (Fsp3) is 0.269. The summed E-state index contributed by atoms with van der Waals surface area (Å²) in [5.41, 5.74) is 4.77. The van der Waals surface area contributed by atoms with Crippen LogP contribution in [0.4, 0.5) is 9.18 Å². The molecule has 3 aromatic carbocycles. The fourth-order valence-electron chi connectivity index (χ4n) is 4.07. The van der Waals surface area contributed by atoms with Crippen molar-refractivity contribution in [2.24, 2.45) is 0 Å². The van der Waals surface area contributed by atoms with Crippen molar-refractivity contribution in [3.8, 4) is 0 Å². The lowest BCUT2D eigenvalue weighted by Gasteiger charge is -2.37. The topological polar surface area (TPSA) is 41.6 Å². The number of benzene rings is 3. The van der Waals surface area contributed by atoms with Crippen LogP contribution in [-0.4, -0.2) is 30.1 Å². The SMILES string of the molecule is O=C(NCCN1Cc2ccccc2CC1Cc1ccc(F)cc1)OCc1ccccc1. The fourth-order valence-corrected chi connectivity index (χ4v) is 4.07. The summed E-state index contributed by atoms with van der Waals surface area (Å²) >= 11 is 0. The van der Waals surface area contributed by atoms with Crippen molar-refractivity contribution in [1.82, 2.24) is 10.2 Å². The number of hydrogen-bond donors (Lipinski definition) is 1. The van der Waals surface area contributed by atoms with E-state index in [1.54, 1.807) is 0 Å². The van der Waals surface area contributed by atoms with Crippen LogP contribution in [0.15, 0.2) is 78.9 Å². The molecule has 31 heavy (non-hydrogen) atoms. The molecule has 4 nitrogen and oxygen atoms in total. The van der Waals surface area contributed by atoms with E-state index in [0.29, 0.717) is 12.6 Å². The second-order valence-electron chi connectivity index (χ2n) is 7.92. The predicted octanol–water partition coefficient (Wildman–Crippen LogP) is 4.72. The zero-order valence-corrected chi connectivity index (χ0v) is 17.5. The van der Waals surface area contributed by atoms with Gasteiger partial charge < -0.3 is 10.1 Å². The Bertz CT molecular complexity index is 992. The Kier molecular flexibility index (Phi) is 6.95. The molecule has 4 rings (SSSR count). The van der Waals surface area contributed by atoms with Gasteiger partial charge in [0.05, 0.1) is 0 Å². The van der Waals surface area contributed by atoms with Crippen LogP contribution in [0.3, 0.4) is 0 Å². The van der Waals surface area contributed by atoms with Crippen LogP contribution in [0.25, 0.3) is 0 Å². The van der Waals surface area contributed by atoms with Crippen LogP contribution >= 0.6 is 0 Å². The monoisotopic (exact) mass is 418 g/mol. The molecule has 3 aromatic rings. The number of fused-ring (bicyclic) bond motifs is 1. The molecule has 1 aliphatic rings. The third kappa shape index (κ3) is 5.92. The van der Waals surface area contributed by atoms with Gasteiger partial charge in [-0.3, -0.25) is 4.90 Å². The molecule has 0 spiro atoms. The molecule has 0 bridgehead atoms. The first kappa shape index (κ1) is 21.1. The lowest BCUT2D eigenvalue weighted by atomic mass is 9.90. The number of halogens is 1. The Labute approximate surface area is 182 Å². The molecule has 1 unspecified atom stereocenters. The molecule has 160 valence electrons. The summed E-state index contributed by atoms with van der Waals surface area (Å²) < 4.78 is 18.6. The number of carbonyl (C=O) groups excluding carboxylic acids is 1. The number of amides is 1. The average Bonchev–Trinajstić information content (AvgIpc) is 2.80. The Balaban J connectivity index is 1.33. The number of nitrogens with one attached hydrogen (secondary N) is 1. The van der Waals surface area contributed by atoms with Gasteiger partial charge in [0.15, 0.2) is 0 Å². The number of hydrogen-bond acceptors (Lipinski definition) is 3. The first-order valence-electron chi connectivity index (χ1n) is 10.7. The quantitative estimate of drug-likeness (QED) is 0.604. The summed E-state index contributed by atoms with van der Waals surface area (Å²) in [5, 5.41) is 2.86. The van der Waals surface area contributed by atoms with Crippen LogP contribution in [0.5, 0.6) is 0 Å². The van der Waals surface area contributed by atoms with Crippen LogP contribution < -0.4 is 5.32 Å². The minimum atomic E-state index is -0.406. The van der Waals surface area contributed by atoms with Gasteiger partial charge >= 0.3 is 6.09 Å². The van der Waals surface area contributed by atoms with Gasteiger partial charge in [-0.15, -0.1) is 0 Å². The minimum Gasteiger partial charge on any atom is -0.445 e. The maximum atomic E-state index is 13.3. The third-order valence-corrected chi connectivity index (χ3v) is 5.73. The van der Waals surface area contributed by atoms with Crippen molar-refractivity contribution in [2.45, 2.75) is 32.0 Å². The molecule has 0 aliphatic carbocycles. The smallest absolute Gasteiger partial charge is 0.407 e. The molecule has 1 aliphatic heterocycles. The molecule has 1 N–H and O–H groups in total. The third-order valence-electron chi connectivity index (χ3n) is 5.73.